The average molecular weight is 224 g/mol. The maximum Gasteiger partial charge on any atom is 0.303 e. The standard InChI is InChI=1S/C7H6O.C4H6O4/c8-6-7-4-2-1-3-5-7;5-3(6)1-2-4(7)8/h1-6H;1-2H2,(H,5,6)(H,7,8). The Morgan fingerprint density at radius 2 is 1.44 bits per heavy atom. The molecule has 0 saturated carbocycles. The molecule has 0 aromatic heterocycles. The Labute approximate surface area is 92.3 Å². The molecule has 0 unspecified atom stereocenters. The van der Waals surface area contributed by atoms with Crippen LogP contribution in [-0.4, -0.2) is 28.4 Å². The minimum atomic E-state index is -1.08. The van der Waals surface area contributed by atoms with E-state index in [1.54, 1.807) is 12.1 Å². The Bertz CT molecular complexity index is 331. The fraction of sp³-hybridized carbons (Fsp3) is 0.182. The maximum atomic E-state index is 10.0. The highest BCUT2D eigenvalue weighted by molar-refractivity contribution is 5.75. The van der Waals surface area contributed by atoms with Crippen LogP contribution < -0.4 is 0 Å². The molecule has 86 valence electrons. The van der Waals surface area contributed by atoms with Crippen molar-refractivity contribution in [2.45, 2.75) is 12.8 Å². The lowest BCUT2D eigenvalue weighted by atomic mass is 10.2. The largest absolute Gasteiger partial charge is 0.481 e. The van der Waals surface area contributed by atoms with Crippen LogP contribution in [0.1, 0.15) is 23.2 Å². The second-order valence-electron chi connectivity index (χ2n) is 2.82. The van der Waals surface area contributed by atoms with Crippen molar-refractivity contribution < 1.29 is 24.6 Å². The third kappa shape index (κ3) is 8.43. The number of aldehydes is 1. The van der Waals surface area contributed by atoms with Gasteiger partial charge in [-0.3, -0.25) is 14.4 Å². The molecular formula is C11H12O5. The number of carboxylic acid groups (broad SMARTS) is 2. The van der Waals surface area contributed by atoms with Crippen LogP contribution >= 0.6 is 0 Å². The molecule has 0 radical (unpaired) electrons. The molecular weight excluding hydrogens is 212 g/mol. The second-order valence-corrected chi connectivity index (χ2v) is 2.82. The Hall–Kier alpha value is -2.17. The van der Waals surface area contributed by atoms with Gasteiger partial charge in [-0.2, -0.15) is 0 Å². The molecule has 5 nitrogen and oxygen atoms in total. The second kappa shape index (κ2) is 8.16. The van der Waals surface area contributed by atoms with Gasteiger partial charge in [-0.25, -0.2) is 0 Å². The zero-order chi connectivity index (χ0) is 12.4. The third-order valence-electron chi connectivity index (χ3n) is 1.49. The molecule has 0 aliphatic rings. The molecule has 0 fully saturated rings. The fourth-order valence-corrected chi connectivity index (χ4v) is 0.745. The lowest BCUT2D eigenvalue weighted by molar-refractivity contribution is -0.143. The predicted octanol–water partition coefficient (Wildman–Crippen LogP) is 1.43. The summed E-state index contributed by atoms with van der Waals surface area (Å²) >= 11 is 0. The molecule has 0 aliphatic carbocycles. The topological polar surface area (TPSA) is 91.7 Å². The van der Waals surface area contributed by atoms with E-state index in [-0.39, 0.29) is 12.8 Å². The molecule has 16 heavy (non-hydrogen) atoms. The summed E-state index contributed by atoms with van der Waals surface area (Å²) in [6.07, 6.45) is 0.241. The van der Waals surface area contributed by atoms with Gasteiger partial charge >= 0.3 is 11.9 Å². The summed E-state index contributed by atoms with van der Waals surface area (Å²) in [5, 5.41) is 15.8. The van der Waals surface area contributed by atoms with Crippen LogP contribution in [-0.2, 0) is 9.59 Å². The molecule has 0 spiro atoms. The zero-order valence-corrected chi connectivity index (χ0v) is 8.50. The molecule has 0 amide bonds. The van der Waals surface area contributed by atoms with Gasteiger partial charge in [0, 0.05) is 5.56 Å². The average Bonchev–Trinajstić information content (AvgIpc) is 2.28. The highest BCUT2D eigenvalue weighted by atomic mass is 16.4. The van der Waals surface area contributed by atoms with Crippen molar-refractivity contribution >= 4 is 18.2 Å². The summed E-state index contributed by atoms with van der Waals surface area (Å²) < 4.78 is 0. The fourth-order valence-electron chi connectivity index (χ4n) is 0.745. The van der Waals surface area contributed by atoms with Crippen LogP contribution in [0.25, 0.3) is 0 Å². The maximum absolute atomic E-state index is 10.0. The Balaban J connectivity index is 0.000000281. The summed E-state index contributed by atoms with van der Waals surface area (Å²) in [6.45, 7) is 0. The van der Waals surface area contributed by atoms with Crippen LogP contribution in [0.3, 0.4) is 0 Å². The summed E-state index contributed by atoms with van der Waals surface area (Å²) in [5.74, 6) is -2.15. The number of hydrogen-bond acceptors (Lipinski definition) is 3. The van der Waals surface area contributed by atoms with E-state index < -0.39 is 11.9 Å². The van der Waals surface area contributed by atoms with Crippen molar-refractivity contribution in [3.8, 4) is 0 Å². The number of carboxylic acids is 2. The van der Waals surface area contributed by atoms with E-state index >= 15 is 0 Å². The van der Waals surface area contributed by atoms with Crippen molar-refractivity contribution in [2.75, 3.05) is 0 Å². The van der Waals surface area contributed by atoms with E-state index in [4.69, 9.17) is 10.2 Å². The molecule has 1 aromatic carbocycles. The molecule has 0 aliphatic heterocycles. The molecule has 0 atom stereocenters. The summed E-state index contributed by atoms with van der Waals surface area (Å²) in [6, 6.07) is 9.10. The molecule has 0 heterocycles. The van der Waals surface area contributed by atoms with Gasteiger partial charge in [-0.15, -0.1) is 0 Å². The van der Waals surface area contributed by atoms with E-state index in [1.807, 2.05) is 18.2 Å². The van der Waals surface area contributed by atoms with E-state index in [1.165, 1.54) is 0 Å². The SMILES string of the molecule is O=C(O)CCC(=O)O.O=Cc1ccccc1. The van der Waals surface area contributed by atoms with Gasteiger partial charge in [-0.1, -0.05) is 30.3 Å². The van der Waals surface area contributed by atoms with Gasteiger partial charge in [-0.05, 0) is 0 Å². The van der Waals surface area contributed by atoms with Crippen molar-refractivity contribution in [2.24, 2.45) is 0 Å². The minimum absolute atomic E-state index is 0.296. The third-order valence-corrected chi connectivity index (χ3v) is 1.49. The summed E-state index contributed by atoms with van der Waals surface area (Å²) in [7, 11) is 0. The van der Waals surface area contributed by atoms with Gasteiger partial charge in [0.05, 0.1) is 12.8 Å². The molecule has 5 heteroatoms. The number of aliphatic carboxylic acids is 2. The van der Waals surface area contributed by atoms with E-state index in [9.17, 15) is 14.4 Å². The highest BCUT2D eigenvalue weighted by Gasteiger charge is 2.00. The van der Waals surface area contributed by atoms with Gasteiger partial charge in [0.2, 0.25) is 0 Å². The van der Waals surface area contributed by atoms with Crippen LogP contribution in [0.2, 0.25) is 0 Å². The van der Waals surface area contributed by atoms with Crippen LogP contribution in [0.4, 0.5) is 0 Å². The Morgan fingerprint density at radius 1 is 1.00 bits per heavy atom. The minimum Gasteiger partial charge on any atom is -0.481 e. The van der Waals surface area contributed by atoms with Crippen molar-refractivity contribution in [3.05, 3.63) is 35.9 Å². The van der Waals surface area contributed by atoms with E-state index in [2.05, 4.69) is 0 Å². The zero-order valence-electron chi connectivity index (χ0n) is 8.50. The number of carbonyl (C=O) groups is 3. The summed E-state index contributed by atoms with van der Waals surface area (Å²) in [4.78, 5) is 29.3. The molecule has 0 bridgehead atoms. The monoisotopic (exact) mass is 224 g/mol. The van der Waals surface area contributed by atoms with Gasteiger partial charge < -0.3 is 10.2 Å². The number of rotatable bonds is 4. The lowest BCUT2D eigenvalue weighted by Gasteiger charge is -1.85. The summed E-state index contributed by atoms with van der Waals surface area (Å²) in [5.41, 5.74) is 0.729. The smallest absolute Gasteiger partial charge is 0.303 e. The molecule has 2 N–H and O–H groups in total. The lowest BCUT2D eigenvalue weighted by Crippen LogP contribution is -2.00. The first-order valence-corrected chi connectivity index (χ1v) is 4.50. The van der Waals surface area contributed by atoms with E-state index in [0.29, 0.717) is 0 Å². The number of benzene rings is 1. The first kappa shape index (κ1) is 13.8. The normalized spacial score (nSPS) is 8.50. The number of hydrogen-bond donors (Lipinski definition) is 2. The van der Waals surface area contributed by atoms with Gasteiger partial charge in [0.1, 0.15) is 6.29 Å². The Kier molecular flexibility index (Phi) is 7.06. The van der Waals surface area contributed by atoms with Crippen LogP contribution in [0, 0.1) is 0 Å². The highest BCUT2D eigenvalue weighted by Crippen LogP contribution is 1.91. The van der Waals surface area contributed by atoms with Crippen molar-refractivity contribution in [3.63, 3.8) is 0 Å². The number of carbonyl (C=O) groups excluding carboxylic acids is 1. The van der Waals surface area contributed by atoms with Crippen molar-refractivity contribution in [1.29, 1.82) is 0 Å². The Morgan fingerprint density at radius 3 is 1.69 bits per heavy atom. The van der Waals surface area contributed by atoms with Crippen LogP contribution in [0.15, 0.2) is 30.3 Å². The molecule has 1 rings (SSSR count). The van der Waals surface area contributed by atoms with Crippen molar-refractivity contribution in [1.82, 2.24) is 0 Å². The van der Waals surface area contributed by atoms with Gasteiger partial charge in [0.25, 0.3) is 0 Å². The molecule has 0 saturated heterocycles. The first-order valence-electron chi connectivity index (χ1n) is 4.50. The van der Waals surface area contributed by atoms with Crippen LogP contribution in [0.5, 0.6) is 0 Å². The van der Waals surface area contributed by atoms with Gasteiger partial charge in [0.15, 0.2) is 0 Å². The predicted molar refractivity (Wildman–Crippen MR) is 56.3 cm³/mol. The first-order chi connectivity index (χ1) is 7.56. The molecule has 1 aromatic rings. The quantitative estimate of drug-likeness (QED) is 0.755. The van der Waals surface area contributed by atoms with E-state index in [0.717, 1.165) is 11.8 Å².